The molecule has 148 valence electrons. The van der Waals surface area contributed by atoms with Crippen LogP contribution in [0.2, 0.25) is 0 Å². The lowest BCUT2D eigenvalue weighted by Gasteiger charge is -2.08. The molecule has 1 N–H and O–H groups in total. The molecule has 0 aliphatic rings. The minimum absolute atomic E-state index is 0.0844. The van der Waals surface area contributed by atoms with Gasteiger partial charge in [-0.05, 0) is 62.2 Å². The third-order valence-corrected chi connectivity index (χ3v) is 4.44. The molecule has 0 unspecified atom stereocenters. The van der Waals surface area contributed by atoms with Gasteiger partial charge in [0.2, 0.25) is 0 Å². The fraction of sp³-hybridized carbons (Fsp3) is 0.364. The van der Waals surface area contributed by atoms with Gasteiger partial charge >= 0.3 is 0 Å². The highest BCUT2D eigenvalue weighted by Gasteiger charge is 2.12. The number of aromatic nitrogens is 1. The van der Waals surface area contributed by atoms with Crippen LogP contribution in [0.4, 0.5) is 0 Å². The second-order valence-corrected chi connectivity index (χ2v) is 6.43. The molecule has 2 aromatic rings. The van der Waals surface area contributed by atoms with Gasteiger partial charge in [-0.1, -0.05) is 6.92 Å². The molecule has 0 atom stereocenters. The highest BCUT2D eigenvalue weighted by atomic mass is 16.5. The van der Waals surface area contributed by atoms with Crippen LogP contribution >= 0.6 is 0 Å². The number of methoxy groups -OCH3 is 1. The molecule has 28 heavy (non-hydrogen) atoms. The van der Waals surface area contributed by atoms with E-state index < -0.39 is 5.91 Å². The first-order chi connectivity index (χ1) is 13.5. The van der Waals surface area contributed by atoms with E-state index in [1.54, 1.807) is 37.5 Å². The summed E-state index contributed by atoms with van der Waals surface area (Å²) in [5.74, 6) is 1.04. The average Bonchev–Trinajstić information content (AvgIpc) is 2.97. The van der Waals surface area contributed by atoms with Crippen LogP contribution in [0.3, 0.4) is 0 Å². The van der Waals surface area contributed by atoms with Crippen molar-refractivity contribution in [2.45, 2.75) is 33.7 Å². The molecule has 1 amide bonds. The summed E-state index contributed by atoms with van der Waals surface area (Å²) in [5, 5.41) is 12.1. The summed E-state index contributed by atoms with van der Waals surface area (Å²) in [6, 6.07) is 11.2. The number of benzene rings is 1. The van der Waals surface area contributed by atoms with Crippen LogP contribution in [0, 0.1) is 25.2 Å². The first kappa shape index (κ1) is 21.1. The van der Waals surface area contributed by atoms with Crippen LogP contribution in [0.15, 0.2) is 35.9 Å². The van der Waals surface area contributed by atoms with Gasteiger partial charge in [-0.15, -0.1) is 0 Å². The van der Waals surface area contributed by atoms with Gasteiger partial charge in [0.25, 0.3) is 5.91 Å². The molecule has 0 fully saturated rings. The van der Waals surface area contributed by atoms with Crippen molar-refractivity contribution in [1.29, 1.82) is 5.26 Å². The third kappa shape index (κ3) is 5.40. The van der Waals surface area contributed by atoms with E-state index >= 15 is 0 Å². The largest absolute Gasteiger partial charge is 0.497 e. The molecule has 0 saturated heterocycles. The van der Waals surface area contributed by atoms with Gasteiger partial charge in [-0.3, -0.25) is 4.79 Å². The summed E-state index contributed by atoms with van der Waals surface area (Å²) in [6.45, 7) is 7.69. The molecular weight excluding hydrogens is 354 g/mol. The average molecular weight is 381 g/mol. The molecule has 6 heteroatoms. The van der Waals surface area contributed by atoms with Crippen LogP contribution in [-0.2, 0) is 11.3 Å². The normalized spacial score (nSPS) is 11.0. The molecule has 2 rings (SSSR count). The van der Waals surface area contributed by atoms with Crippen molar-refractivity contribution in [2.75, 3.05) is 20.3 Å². The lowest BCUT2D eigenvalue weighted by molar-refractivity contribution is -0.117. The Hall–Kier alpha value is -3.20. The van der Waals surface area contributed by atoms with Crippen molar-refractivity contribution in [3.63, 3.8) is 0 Å². The van der Waals surface area contributed by atoms with E-state index in [9.17, 15) is 10.1 Å². The van der Waals surface area contributed by atoms with E-state index in [4.69, 9.17) is 9.47 Å². The van der Waals surface area contributed by atoms with Gasteiger partial charge in [0, 0.05) is 17.9 Å². The molecule has 0 aliphatic heterocycles. The molecule has 0 aliphatic carbocycles. The van der Waals surface area contributed by atoms with Crippen molar-refractivity contribution in [3.8, 4) is 17.6 Å². The van der Waals surface area contributed by atoms with Crippen LogP contribution < -0.4 is 14.8 Å². The number of hydrogen-bond acceptors (Lipinski definition) is 4. The zero-order valence-corrected chi connectivity index (χ0v) is 16.9. The molecule has 1 heterocycles. The van der Waals surface area contributed by atoms with E-state index in [2.05, 4.69) is 16.8 Å². The number of aryl methyl sites for hydroxylation is 1. The predicted molar refractivity (Wildman–Crippen MR) is 109 cm³/mol. The quantitative estimate of drug-likeness (QED) is 0.409. The number of nitriles is 1. The molecule has 0 spiro atoms. The van der Waals surface area contributed by atoms with Crippen molar-refractivity contribution in [3.05, 3.63) is 52.9 Å². The van der Waals surface area contributed by atoms with Crippen LogP contribution in [0.5, 0.6) is 11.5 Å². The summed E-state index contributed by atoms with van der Waals surface area (Å²) < 4.78 is 12.9. The molecule has 1 aromatic carbocycles. The minimum Gasteiger partial charge on any atom is -0.497 e. The lowest BCUT2D eigenvalue weighted by Crippen LogP contribution is -2.29. The Balaban J connectivity index is 1.93. The summed E-state index contributed by atoms with van der Waals surface area (Å²) in [5.41, 5.74) is 3.16. The number of nitrogens with one attached hydrogen (secondary N) is 1. The van der Waals surface area contributed by atoms with E-state index in [0.29, 0.717) is 18.9 Å². The standard InChI is InChI=1S/C22H27N3O3/c1-5-11-25-16(2)13-18(17(25)3)14-19(15-23)22(26)24-10-12-28-21-8-6-20(27-4)7-9-21/h6-9,13-14H,5,10-12H2,1-4H3,(H,24,26)/b19-14-. The molecule has 6 nitrogen and oxygen atoms in total. The van der Waals surface area contributed by atoms with Gasteiger partial charge in [0.1, 0.15) is 29.7 Å². The number of hydrogen-bond donors (Lipinski definition) is 1. The fourth-order valence-corrected chi connectivity index (χ4v) is 2.95. The Labute approximate surface area is 166 Å². The molecule has 0 saturated carbocycles. The summed E-state index contributed by atoms with van der Waals surface area (Å²) in [7, 11) is 1.60. The Bertz CT molecular complexity index is 874. The SMILES string of the molecule is CCCn1c(C)cc(/C=C(/C#N)C(=O)NCCOc2ccc(OC)cc2)c1C. The Morgan fingerprint density at radius 3 is 2.54 bits per heavy atom. The summed E-state index contributed by atoms with van der Waals surface area (Å²) >= 11 is 0. The van der Waals surface area contributed by atoms with Gasteiger partial charge in [0.05, 0.1) is 13.7 Å². The number of carbonyl (C=O) groups is 1. The number of rotatable bonds is 9. The van der Waals surface area contributed by atoms with E-state index in [0.717, 1.165) is 35.7 Å². The zero-order valence-electron chi connectivity index (χ0n) is 16.9. The minimum atomic E-state index is -0.402. The second-order valence-electron chi connectivity index (χ2n) is 6.43. The van der Waals surface area contributed by atoms with E-state index in [-0.39, 0.29) is 5.57 Å². The van der Waals surface area contributed by atoms with Gasteiger partial charge in [-0.2, -0.15) is 5.26 Å². The van der Waals surface area contributed by atoms with Crippen molar-refractivity contribution in [2.24, 2.45) is 0 Å². The van der Waals surface area contributed by atoms with Crippen molar-refractivity contribution in [1.82, 2.24) is 9.88 Å². The Morgan fingerprint density at radius 1 is 1.25 bits per heavy atom. The third-order valence-electron chi connectivity index (χ3n) is 4.44. The topological polar surface area (TPSA) is 76.3 Å². The summed E-state index contributed by atoms with van der Waals surface area (Å²) in [6.07, 6.45) is 2.67. The molecular formula is C22H27N3O3. The Kier molecular flexibility index (Phi) is 7.70. The molecule has 0 radical (unpaired) electrons. The number of carbonyl (C=O) groups excluding carboxylic acids is 1. The first-order valence-electron chi connectivity index (χ1n) is 9.33. The van der Waals surface area contributed by atoms with Gasteiger partial charge in [0.15, 0.2) is 0 Å². The first-order valence-corrected chi connectivity index (χ1v) is 9.33. The van der Waals surface area contributed by atoms with Crippen LogP contribution in [-0.4, -0.2) is 30.7 Å². The monoisotopic (exact) mass is 381 g/mol. The lowest BCUT2D eigenvalue weighted by atomic mass is 10.1. The van der Waals surface area contributed by atoms with E-state index in [1.807, 2.05) is 26.0 Å². The van der Waals surface area contributed by atoms with Crippen LogP contribution in [0.25, 0.3) is 6.08 Å². The maximum atomic E-state index is 12.3. The second kappa shape index (κ2) is 10.2. The van der Waals surface area contributed by atoms with E-state index in [1.165, 1.54) is 0 Å². The highest BCUT2D eigenvalue weighted by molar-refractivity contribution is 6.01. The molecule has 0 bridgehead atoms. The highest BCUT2D eigenvalue weighted by Crippen LogP contribution is 2.19. The van der Waals surface area contributed by atoms with Crippen molar-refractivity contribution < 1.29 is 14.3 Å². The number of nitrogens with zero attached hydrogens (tertiary/aromatic N) is 2. The van der Waals surface area contributed by atoms with Gasteiger partial charge < -0.3 is 19.4 Å². The summed E-state index contributed by atoms with van der Waals surface area (Å²) in [4.78, 5) is 12.3. The maximum Gasteiger partial charge on any atom is 0.262 e. The Morgan fingerprint density at radius 2 is 1.93 bits per heavy atom. The van der Waals surface area contributed by atoms with Crippen molar-refractivity contribution >= 4 is 12.0 Å². The number of ether oxygens (including phenoxy) is 2. The molecule has 1 aromatic heterocycles. The predicted octanol–water partition coefficient (Wildman–Crippen LogP) is 3.63. The maximum absolute atomic E-state index is 12.3. The smallest absolute Gasteiger partial charge is 0.262 e. The van der Waals surface area contributed by atoms with Crippen LogP contribution in [0.1, 0.15) is 30.3 Å². The number of amides is 1. The fourth-order valence-electron chi connectivity index (χ4n) is 2.95. The zero-order chi connectivity index (χ0) is 20.5. The van der Waals surface area contributed by atoms with Gasteiger partial charge in [-0.25, -0.2) is 0 Å².